The minimum Gasteiger partial charge on any atom is -0.397 e. The molecule has 0 saturated carbocycles. The molecular weight excluding hydrogens is 298 g/mol. The Morgan fingerprint density at radius 2 is 1.67 bits per heavy atom. The lowest BCUT2D eigenvalue weighted by Crippen LogP contribution is -2.16. The molecule has 0 heterocycles. The molecule has 0 aliphatic heterocycles. The molecule has 0 amide bonds. The minimum absolute atomic E-state index is 0.127. The van der Waals surface area contributed by atoms with Crippen LogP contribution < -0.4 is 10.5 Å². The highest BCUT2D eigenvalue weighted by Crippen LogP contribution is 2.26. The fraction of sp³-hybridized carbons (Fsp3) is 0.143. The first-order valence-corrected chi connectivity index (χ1v) is 7.53. The van der Waals surface area contributed by atoms with Crippen molar-refractivity contribution in [3.8, 4) is 0 Å². The van der Waals surface area contributed by atoms with Gasteiger partial charge in [0.2, 0.25) is 0 Å². The molecule has 7 heteroatoms. The molecule has 0 aliphatic rings. The third-order valence-electron chi connectivity index (χ3n) is 3.09. The van der Waals surface area contributed by atoms with Crippen molar-refractivity contribution in [2.24, 2.45) is 0 Å². The van der Waals surface area contributed by atoms with Gasteiger partial charge in [-0.1, -0.05) is 0 Å². The van der Waals surface area contributed by atoms with Crippen LogP contribution in [0, 0.1) is 25.5 Å². The minimum atomic E-state index is -4.26. The van der Waals surface area contributed by atoms with Crippen molar-refractivity contribution in [3.63, 3.8) is 0 Å². The zero-order valence-corrected chi connectivity index (χ0v) is 12.3. The topological polar surface area (TPSA) is 72.2 Å². The SMILES string of the molecule is Cc1cc(N)c(NS(=O)(=O)c2cc(F)ccc2F)cc1C. The lowest BCUT2D eigenvalue weighted by atomic mass is 10.1. The van der Waals surface area contributed by atoms with Crippen LogP contribution in [0.5, 0.6) is 0 Å². The number of halogens is 2. The molecule has 112 valence electrons. The normalized spacial score (nSPS) is 11.4. The van der Waals surface area contributed by atoms with Crippen molar-refractivity contribution in [1.29, 1.82) is 0 Å². The van der Waals surface area contributed by atoms with Gasteiger partial charge in [-0.05, 0) is 55.3 Å². The molecule has 0 atom stereocenters. The van der Waals surface area contributed by atoms with E-state index in [1.807, 2.05) is 6.92 Å². The predicted molar refractivity (Wildman–Crippen MR) is 77.5 cm³/mol. The number of sulfonamides is 1. The average Bonchev–Trinajstić information content (AvgIpc) is 2.38. The molecule has 0 aliphatic carbocycles. The molecule has 2 aromatic carbocycles. The van der Waals surface area contributed by atoms with Crippen molar-refractivity contribution in [3.05, 3.63) is 53.1 Å². The predicted octanol–water partition coefficient (Wildman–Crippen LogP) is 2.96. The zero-order valence-electron chi connectivity index (χ0n) is 11.4. The quantitative estimate of drug-likeness (QED) is 0.856. The molecule has 0 saturated heterocycles. The standard InChI is InChI=1S/C14H14F2N2O2S/c1-8-5-12(17)13(6-9(8)2)18-21(19,20)14-7-10(15)3-4-11(14)16/h3-7,18H,17H2,1-2H3. The first kappa shape index (κ1) is 15.2. The first-order chi connectivity index (χ1) is 9.70. The summed E-state index contributed by atoms with van der Waals surface area (Å²) in [7, 11) is -4.26. The number of benzene rings is 2. The Kier molecular flexibility index (Phi) is 3.87. The number of anilines is 2. The second kappa shape index (κ2) is 5.33. The molecule has 3 N–H and O–H groups in total. The first-order valence-electron chi connectivity index (χ1n) is 6.05. The van der Waals surface area contributed by atoms with Crippen LogP contribution in [0.25, 0.3) is 0 Å². The van der Waals surface area contributed by atoms with Gasteiger partial charge in [0.15, 0.2) is 0 Å². The van der Waals surface area contributed by atoms with E-state index in [0.29, 0.717) is 6.07 Å². The number of aryl methyl sites for hydroxylation is 2. The largest absolute Gasteiger partial charge is 0.397 e. The monoisotopic (exact) mass is 312 g/mol. The summed E-state index contributed by atoms with van der Waals surface area (Å²) in [6.07, 6.45) is 0. The van der Waals surface area contributed by atoms with Crippen LogP contribution >= 0.6 is 0 Å². The number of nitrogens with one attached hydrogen (secondary N) is 1. The summed E-state index contributed by atoms with van der Waals surface area (Å²) in [6, 6.07) is 5.37. The van der Waals surface area contributed by atoms with Crippen LogP contribution in [0.1, 0.15) is 11.1 Å². The molecular formula is C14H14F2N2O2S. The maximum atomic E-state index is 13.6. The van der Waals surface area contributed by atoms with E-state index in [1.165, 1.54) is 0 Å². The zero-order chi connectivity index (χ0) is 15.8. The van der Waals surface area contributed by atoms with Gasteiger partial charge < -0.3 is 5.73 Å². The van der Waals surface area contributed by atoms with E-state index in [0.717, 1.165) is 23.3 Å². The fourth-order valence-corrected chi connectivity index (χ4v) is 2.98. The van der Waals surface area contributed by atoms with E-state index in [-0.39, 0.29) is 11.4 Å². The Bertz CT molecular complexity index is 805. The van der Waals surface area contributed by atoms with Gasteiger partial charge in [0.1, 0.15) is 16.5 Å². The summed E-state index contributed by atoms with van der Waals surface area (Å²) >= 11 is 0. The van der Waals surface area contributed by atoms with Crippen LogP contribution in [-0.2, 0) is 10.0 Å². The van der Waals surface area contributed by atoms with Gasteiger partial charge in [0.25, 0.3) is 10.0 Å². The third-order valence-corrected chi connectivity index (χ3v) is 4.47. The molecule has 0 spiro atoms. The molecule has 0 bridgehead atoms. The van der Waals surface area contributed by atoms with Gasteiger partial charge in [0, 0.05) is 0 Å². The van der Waals surface area contributed by atoms with E-state index in [9.17, 15) is 17.2 Å². The highest BCUT2D eigenvalue weighted by Gasteiger charge is 2.21. The molecule has 2 rings (SSSR count). The van der Waals surface area contributed by atoms with E-state index in [1.54, 1.807) is 19.1 Å². The second-order valence-electron chi connectivity index (χ2n) is 4.70. The number of nitrogens with two attached hydrogens (primary N) is 1. The van der Waals surface area contributed by atoms with Gasteiger partial charge in [-0.25, -0.2) is 17.2 Å². The van der Waals surface area contributed by atoms with Crippen molar-refractivity contribution in [2.75, 3.05) is 10.5 Å². The third kappa shape index (κ3) is 3.13. The van der Waals surface area contributed by atoms with E-state index < -0.39 is 26.6 Å². The molecule has 4 nitrogen and oxygen atoms in total. The Labute approximate surface area is 121 Å². The van der Waals surface area contributed by atoms with Crippen molar-refractivity contribution in [1.82, 2.24) is 0 Å². The van der Waals surface area contributed by atoms with E-state index in [4.69, 9.17) is 5.73 Å². The molecule has 0 unspecified atom stereocenters. The van der Waals surface area contributed by atoms with Crippen LogP contribution in [0.2, 0.25) is 0 Å². The van der Waals surface area contributed by atoms with Crippen LogP contribution in [-0.4, -0.2) is 8.42 Å². The van der Waals surface area contributed by atoms with Gasteiger partial charge in [0.05, 0.1) is 11.4 Å². The molecule has 0 fully saturated rings. The number of hydrogen-bond donors (Lipinski definition) is 2. The van der Waals surface area contributed by atoms with Gasteiger partial charge in [-0.15, -0.1) is 0 Å². The summed E-state index contributed by atoms with van der Waals surface area (Å²) in [6.45, 7) is 3.62. The maximum Gasteiger partial charge on any atom is 0.264 e. The van der Waals surface area contributed by atoms with Crippen LogP contribution in [0.15, 0.2) is 35.2 Å². The molecule has 21 heavy (non-hydrogen) atoms. The van der Waals surface area contributed by atoms with Gasteiger partial charge in [-0.2, -0.15) is 0 Å². The Morgan fingerprint density at radius 3 is 2.33 bits per heavy atom. The van der Waals surface area contributed by atoms with Crippen molar-refractivity contribution < 1.29 is 17.2 Å². The summed E-state index contributed by atoms with van der Waals surface area (Å²) in [5.74, 6) is -1.88. The van der Waals surface area contributed by atoms with Gasteiger partial charge in [-0.3, -0.25) is 4.72 Å². The van der Waals surface area contributed by atoms with Gasteiger partial charge >= 0.3 is 0 Å². The summed E-state index contributed by atoms with van der Waals surface area (Å²) in [5.41, 5.74) is 7.80. The number of nitrogen functional groups attached to an aromatic ring is 1. The van der Waals surface area contributed by atoms with Crippen LogP contribution in [0.4, 0.5) is 20.2 Å². The highest BCUT2D eigenvalue weighted by atomic mass is 32.2. The highest BCUT2D eigenvalue weighted by molar-refractivity contribution is 7.92. The van der Waals surface area contributed by atoms with Crippen molar-refractivity contribution >= 4 is 21.4 Å². The number of rotatable bonds is 3. The average molecular weight is 312 g/mol. The Balaban J connectivity index is 2.47. The Hall–Kier alpha value is -2.15. The van der Waals surface area contributed by atoms with Crippen LogP contribution in [0.3, 0.4) is 0 Å². The summed E-state index contributed by atoms with van der Waals surface area (Å²) in [5, 5.41) is 0. The second-order valence-corrected chi connectivity index (χ2v) is 6.35. The number of hydrogen-bond acceptors (Lipinski definition) is 3. The fourth-order valence-electron chi connectivity index (χ4n) is 1.81. The maximum absolute atomic E-state index is 13.6. The lowest BCUT2D eigenvalue weighted by Gasteiger charge is -2.13. The molecule has 2 aromatic rings. The van der Waals surface area contributed by atoms with E-state index in [2.05, 4.69) is 4.72 Å². The summed E-state index contributed by atoms with van der Waals surface area (Å²) < 4.78 is 53.2. The van der Waals surface area contributed by atoms with E-state index >= 15 is 0 Å². The lowest BCUT2D eigenvalue weighted by molar-refractivity contribution is 0.555. The van der Waals surface area contributed by atoms with Crippen molar-refractivity contribution in [2.45, 2.75) is 18.7 Å². The smallest absolute Gasteiger partial charge is 0.264 e. The summed E-state index contributed by atoms with van der Waals surface area (Å²) in [4.78, 5) is -0.764. The molecule has 0 radical (unpaired) electrons. The Morgan fingerprint density at radius 1 is 1.05 bits per heavy atom. The molecule has 0 aromatic heterocycles.